The van der Waals surface area contributed by atoms with E-state index in [1.807, 2.05) is 0 Å². The van der Waals surface area contributed by atoms with Crippen molar-refractivity contribution in [1.29, 1.82) is 0 Å². The zero-order valence-electron chi connectivity index (χ0n) is 16.7. The number of anilines is 2. The van der Waals surface area contributed by atoms with Crippen LogP contribution in [0.15, 0.2) is 71.1 Å². The first-order chi connectivity index (χ1) is 15.7. The fourth-order valence-corrected chi connectivity index (χ4v) is 4.21. The topological polar surface area (TPSA) is 158 Å². The predicted octanol–water partition coefficient (Wildman–Crippen LogP) is 3.05. The van der Waals surface area contributed by atoms with E-state index in [1.54, 1.807) is 5.38 Å². The fraction of sp³-hybridized carbons (Fsp3) is 0.0500. The maximum Gasteiger partial charge on any atom is 0.331 e. The molecule has 33 heavy (non-hydrogen) atoms. The minimum Gasteiger partial charge on any atom is -0.452 e. The molecular weight excluding hydrogens is 472 g/mol. The van der Waals surface area contributed by atoms with E-state index in [0.717, 1.165) is 17.4 Å². The Bertz CT molecular complexity index is 1270. The van der Waals surface area contributed by atoms with Gasteiger partial charge in [-0.25, -0.2) is 18.2 Å². The van der Waals surface area contributed by atoms with E-state index in [2.05, 4.69) is 15.0 Å². The quantitative estimate of drug-likeness (QED) is 0.201. The van der Waals surface area contributed by atoms with Crippen LogP contribution in [0.5, 0.6) is 0 Å². The third-order valence-corrected chi connectivity index (χ3v) is 6.14. The number of esters is 1. The third-order valence-electron chi connectivity index (χ3n) is 3.96. The fourth-order valence-electron chi connectivity index (χ4n) is 2.42. The van der Waals surface area contributed by atoms with Crippen LogP contribution in [-0.2, 0) is 24.3 Å². The Morgan fingerprint density at radius 2 is 1.82 bits per heavy atom. The highest BCUT2D eigenvalue weighted by molar-refractivity contribution is 7.93. The number of nitrogens with one attached hydrogen (secondary N) is 2. The van der Waals surface area contributed by atoms with Gasteiger partial charge in [-0.05, 0) is 48.0 Å². The number of hydrogen-bond donors (Lipinski definition) is 2. The van der Waals surface area contributed by atoms with Gasteiger partial charge in [0, 0.05) is 35.5 Å². The molecule has 0 saturated heterocycles. The van der Waals surface area contributed by atoms with E-state index in [1.165, 1.54) is 60.8 Å². The molecule has 0 atom stereocenters. The average molecular weight is 489 g/mol. The molecule has 1 heterocycles. The molecule has 0 saturated carbocycles. The molecule has 0 aliphatic rings. The molecule has 0 spiro atoms. The molecule has 3 aromatic rings. The van der Waals surface area contributed by atoms with Gasteiger partial charge in [0.15, 0.2) is 11.7 Å². The summed E-state index contributed by atoms with van der Waals surface area (Å²) in [5.74, 6) is -1.40. The van der Waals surface area contributed by atoms with Gasteiger partial charge in [0.25, 0.3) is 21.6 Å². The Kier molecular flexibility index (Phi) is 7.48. The molecule has 0 fully saturated rings. The lowest BCUT2D eigenvalue weighted by Gasteiger charge is -2.08. The van der Waals surface area contributed by atoms with Gasteiger partial charge >= 0.3 is 5.97 Å². The summed E-state index contributed by atoms with van der Waals surface area (Å²) in [6, 6.07) is 10.9. The van der Waals surface area contributed by atoms with E-state index in [-0.39, 0.29) is 15.7 Å². The number of thiazole rings is 1. The molecule has 0 radical (unpaired) electrons. The molecule has 3 rings (SSSR count). The lowest BCUT2D eigenvalue weighted by molar-refractivity contribution is -0.384. The minimum atomic E-state index is -3.81. The van der Waals surface area contributed by atoms with Gasteiger partial charge in [-0.2, -0.15) is 0 Å². The molecule has 11 nitrogen and oxygen atoms in total. The van der Waals surface area contributed by atoms with Crippen LogP contribution >= 0.6 is 11.3 Å². The largest absolute Gasteiger partial charge is 0.452 e. The first-order valence-electron chi connectivity index (χ1n) is 9.14. The van der Waals surface area contributed by atoms with Crippen molar-refractivity contribution in [2.45, 2.75) is 4.90 Å². The standard InChI is InChI=1S/C20H16N4O7S2/c25-18(13-31-19(26)10-3-14-1-6-16(7-2-14)24(27)28)22-15-4-8-17(9-5-15)33(29,30)23-20-21-11-12-32-20/h1-12H,13H2,(H,21,23)(H,22,25). The summed E-state index contributed by atoms with van der Waals surface area (Å²) in [7, 11) is -3.81. The Hall–Kier alpha value is -4.10. The van der Waals surface area contributed by atoms with Crippen LogP contribution in [0.2, 0.25) is 0 Å². The van der Waals surface area contributed by atoms with E-state index in [0.29, 0.717) is 11.3 Å². The maximum atomic E-state index is 12.3. The van der Waals surface area contributed by atoms with Gasteiger partial charge in [0.2, 0.25) is 0 Å². The molecule has 170 valence electrons. The molecule has 0 aliphatic carbocycles. The highest BCUT2D eigenvalue weighted by Gasteiger charge is 2.15. The van der Waals surface area contributed by atoms with Gasteiger partial charge in [-0.3, -0.25) is 19.6 Å². The van der Waals surface area contributed by atoms with E-state index in [4.69, 9.17) is 4.74 Å². The van der Waals surface area contributed by atoms with Crippen LogP contribution in [-0.4, -0.2) is 36.8 Å². The molecule has 13 heteroatoms. The van der Waals surface area contributed by atoms with Gasteiger partial charge in [0.1, 0.15) is 0 Å². The summed E-state index contributed by atoms with van der Waals surface area (Å²) in [5.41, 5.74) is 0.778. The number of nitro groups is 1. The summed E-state index contributed by atoms with van der Waals surface area (Å²) < 4.78 is 31.8. The molecule has 2 N–H and O–H groups in total. The number of nitrogens with zero attached hydrogens (tertiary/aromatic N) is 2. The van der Waals surface area contributed by atoms with Crippen molar-refractivity contribution in [1.82, 2.24) is 4.98 Å². The number of amides is 1. The van der Waals surface area contributed by atoms with Crippen molar-refractivity contribution in [2.75, 3.05) is 16.6 Å². The number of hydrogen-bond acceptors (Lipinski definition) is 9. The number of benzene rings is 2. The van der Waals surface area contributed by atoms with Gasteiger partial charge in [0.05, 0.1) is 9.82 Å². The monoisotopic (exact) mass is 488 g/mol. The second-order valence-electron chi connectivity index (χ2n) is 6.30. The number of ether oxygens (including phenoxy) is 1. The number of aromatic nitrogens is 1. The SMILES string of the molecule is O=C(COC(=O)C=Cc1ccc([N+](=O)[O-])cc1)Nc1ccc(S(=O)(=O)Nc2nccs2)cc1. The van der Waals surface area contributed by atoms with Crippen LogP contribution in [0.3, 0.4) is 0 Å². The first kappa shape index (κ1) is 23.6. The summed E-state index contributed by atoms with van der Waals surface area (Å²) in [5, 5.41) is 15.0. The van der Waals surface area contributed by atoms with E-state index in [9.17, 15) is 28.1 Å². The van der Waals surface area contributed by atoms with Crippen molar-refractivity contribution in [3.63, 3.8) is 0 Å². The average Bonchev–Trinajstić information content (AvgIpc) is 3.29. The molecular formula is C20H16N4O7S2. The first-order valence-corrected chi connectivity index (χ1v) is 11.5. The highest BCUT2D eigenvalue weighted by atomic mass is 32.2. The smallest absolute Gasteiger partial charge is 0.331 e. The molecule has 1 amide bonds. The van der Waals surface area contributed by atoms with Crippen LogP contribution < -0.4 is 10.0 Å². The number of carbonyl (C=O) groups is 2. The van der Waals surface area contributed by atoms with Crippen LogP contribution in [0.1, 0.15) is 5.56 Å². The highest BCUT2D eigenvalue weighted by Crippen LogP contribution is 2.19. The van der Waals surface area contributed by atoms with Gasteiger partial charge in [-0.1, -0.05) is 0 Å². The normalized spacial score (nSPS) is 11.2. The summed E-state index contributed by atoms with van der Waals surface area (Å²) in [6.07, 6.45) is 3.95. The molecule has 2 aromatic carbocycles. The lowest BCUT2D eigenvalue weighted by Crippen LogP contribution is -2.20. The van der Waals surface area contributed by atoms with Gasteiger partial charge in [-0.15, -0.1) is 11.3 Å². The summed E-state index contributed by atoms with van der Waals surface area (Å²) in [6.45, 7) is -0.560. The molecule has 0 bridgehead atoms. The molecule has 1 aromatic heterocycles. The Morgan fingerprint density at radius 1 is 1.12 bits per heavy atom. The Labute approximate surface area is 191 Å². The zero-order valence-corrected chi connectivity index (χ0v) is 18.3. The van der Waals surface area contributed by atoms with Crippen molar-refractivity contribution in [3.05, 3.63) is 81.9 Å². The summed E-state index contributed by atoms with van der Waals surface area (Å²) >= 11 is 1.14. The third kappa shape index (κ3) is 6.95. The van der Waals surface area contributed by atoms with Crippen molar-refractivity contribution in [3.8, 4) is 0 Å². The number of nitro benzene ring substituents is 1. The number of rotatable bonds is 9. The zero-order chi connectivity index (χ0) is 23.8. The van der Waals surface area contributed by atoms with Crippen molar-refractivity contribution >= 4 is 55.8 Å². The van der Waals surface area contributed by atoms with E-state index >= 15 is 0 Å². The molecule has 0 unspecified atom stereocenters. The second kappa shape index (κ2) is 10.5. The van der Waals surface area contributed by atoms with Crippen LogP contribution in [0.4, 0.5) is 16.5 Å². The second-order valence-corrected chi connectivity index (χ2v) is 8.88. The minimum absolute atomic E-state index is 0.0153. The van der Waals surface area contributed by atoms with Gasteiger partial charge < -0.3 is 10.1 Å². The number of non-ortho nitro benzene ring substituents is 1. The maximum absolute atomic E-state index is 12.3. The number of carbonyl (C=O) groups excluding carboxylic acids is 2. The Balaban J connectivity index is 1.48. The lowest BCUT2D eigenvalue weighted by atomic mass is 10.2. The van der Waals surface area contributed by atoms with Crippen LogP contribution in [0, 0.1) is 10.1 Å². The Morgan fingerprint density at radius 3 is 2.42 bits per heavy atom. The predicted molar refractivity (Wildman–Crippen MR) is 121 cm³/mol. The van der Waals surface area contributed by atoms with Crippen molar-refractivity contribution < 1.29 is 27.7 Å². The molecule has 0 aliphatic heterocycles. The number of sulfonamides is 1. The summed E-state index contributed by atoms with van der Waals surface area (Å²) in [4.78, 5) is 37.7. The van der Waals surface area contributed by atoms with E-state index < -0.39 is 33.4 Å². The van der Waals surface area contributed by atoms with Crippen LogP contribution in [0.25, 0.3) is 6.08 Å². The van der Waals surface area contributed by atoms with Crippen molar-refractivity contribution in [2.24, 2.45) is 0 Å².